The van der Waals surface area contributed by atoms with Gasteiger partial charge in [0.1, 0.15) is 12.3 Å². The number of halogens is 1. The Morgan fingerprint density at radius 3 is 2.79 bits per heavy atom. The number of nitrogens with one attached hydrogen (secondary N) is 1. The summed E-state index contributed by atoms with van der Waals surface area (Å²) in [6.07, 6.45) is 4.49. The summed E-state index contributed by atoms with van der Waals surface area (Å²) in [5.74, 6) is 0.0484. The number of carbonyl (C=O) groups excluding carboxylic acids is 2. The minimum absolute atomic E-state index is 0.0379. The van der Waals surface area contributed by atoms with Crippen molar-refractivity contribution in [2.75, 3.05) is 18.4 Å². The first-order chi connectivity index (χ1) is 11.5. The van der Waals surface area contributed by atoms with Crippen molar-refractivity contribution in [1.82, 2.24) is 4.90 Å². The zero-order valence-corrected chi connectivity index (χ0v) is 14.3. The van der Waals surface area contributed by atoms with Crippen molar-refractivity contribution in [3.63, 3.8) is 0 Å². The van der Waals surface area contributed by atoms with Gasteiger partial charge < -0.3 is 14.6 Å². The summed E-state index contributed by atoms with van der Waals surface area (Å²) in [6, 6.07) is 8.75. The van der Waals surface area contributed by atoms with Crippen molar-refractivity contribution in [2.24, 2.45) is 0 Å². The molecule has 0 atom stereocenters. The summed E-state index contributed by atoms with van der Waals surface area (Å²) in [5, 5.41) is 3.32. The van der Waals surface area contributed by atoms with Gasteiger partial charge in [-0.25, -0.2) is 0 Å². The van der Waals surface area contributed by atoms with Crippen LogP contribution in [-0.2, 0) is 9.59 Å². The monoisotopic (exact) mass is 346 g/mol. The third-order valence-corrected chi connectivity index (χ3v) is 3.67. The fraction of sp³-hybridized carbons (Fsp3) is 0.222. The zero-order chi connectivity index (χ0) is 17.5. The van der Waals surface area contributed by atoms with E-state index in [2.05, 4.69) is 5.32 Å². The van der Waals surface area contributed by atoms with Crippen LogP contribution in [0.1, 0.15) is 18.2 Å². The molecule has 2 rings (SSSR count). The lowest BCUT2D eigenvalue weighted by molar-refractivity contribution is -0.130. The number of benzene rings is 1. The first kappa shape index (κ1) is 17.8. The molecule has 5 nitrogen and oxygen atoms in total. The Morgan fingerprint density at radius 2 is 2.12 bits per heavy atom. The number of hydrogen-bond donors (Lipinski definition) is 1. The lowest BCUT2D eigenvalue weighted by Gasteiger charge is -2.19. The fourth-order valence-electron chi connectivity index (χ4n) is 2.08. The SMILES string of the molecule is CCN(CC(=O)Nc1cc(Cl)ccc1C)C(=O)/C=C/c1ccco1. The standard InChI is InChI=1S/C18H19ClN2O3/c1-3-21(18(23)9-8-15-5-4-10-24-15)12-17(22)20-16-11-14(19)7-6-13(16)2/h4-11H,3,12H2,1-2H3,(H,20,22)/b9-8+. The molecule has 0 saturated carbocycles. The van der Waals surface area contributed by atoms with Crippen molar-refractivity contribution < 1.29 is 14.0 Å². The third-order valence-electron chi connectivity index (χ3n) is 3.43. The highest BCUT2D eigenvalue weighted by atomic mass is 35.5. The van der Waals surface area contributed by atoms with E-state index in [0.717, 1.165) is 5.56 Å². The molecule has 0 spiro atoms. The summed E-state index contributed by atoms with van der Waals surface area (Å²) in [5.41, 5.74) is 1.54. The number of furan rings is 1. The molecule has 0 saturated heterocycles. The fourth-order valence-corrected chi connectivity index (χ4v) is 2.25. The molecular weight excluding hydrogens is 328 g/mol. The number of nitrogens with zero attached hydrogens (tertiary/aromatic N) is 1. The molecule has 126 valence electrons. The number of aryl methyl sites for hydroxylation is 1. The van der Waals surface area contributed by atoms with Crippen LogP contribution in [0, 0.1) is 6.92 Å². The number of carbonyl (C=O) groups is 2. The van der Waals surface area contributed by atoms with E-state index in [9.17, 15) is 9.59 Å². The van der Waals surface area contributed by atoms with Crippen molar-refractivity contribution in [3.8, 4) is 0 Å². The summed E-state index contributed by atoms with van der Waals surface area (Å²) in [4.78, 5) is 25.8. The zero-order valence-electron chi connectivity index (χ0n) is 13.6. The van der Waals surface area contributed by atoms with Crippen LogP contribution in [0.3, 0.4) is 0 Å². The van der Waals surface area contributed by atoms with Crippen LogP contribution in [0.4, 0.5) is 5.69 Å². The Labute approximate surface area is 145 Å². The van der Waals surface area contributed by atoms with E-state index in [1.54, 1.807) is 30.3 Å². The van der Waals surface area contributed by atoms with Gasteiger partial charge in [-0.15, -0.1) is 0 Å². The highest BCUT2D eigenvalue weighted by Gasteiger charge is 2.14. The summed E-state index contributed by atoms with van der Waals surface area (Å²) < 4.78 is 5.13. The Bertz CT molecular complexity index is 739. The number of rotatable bonds is 6. The van der Waals surface area contributed by atoms with Gasteiger partial charge in [-0.05, 0) is 49.8 Å². The molecule has 0 aliphatic heterocycles. The highest BCUT2D eigenvalue weighted by molar-refractivity contribution is 6.31. The molecule has 0 radical (unpaired) electrons. The van der Waals surface area contributed by atoms with Gasteiger partial charge in [0.05, 0.1) is 6.26 Å². The largest absolute Gasteiger partial charge is 0.465 e. The van der Waals surface area contributed by atoms with Crippen molar-refractivity contribution in [3.05, 3.63) is 59.0 Å². The molecule has 1 aromatic carbocycles. The minimum atomic E-state index is -0.276. The topological polar surface area (TPSA) is 62.6 Å². The van der Waals surface area contributed by atoms with Crippen molar-refractivity contribution >= 4 is 35.2 Å². The van der Waals surface area contributed by atoms with Gasteiger partial charge >= 0.3 is 0 Å². The average Bonchev–Trinajstić information content (AvgIpc) is 3.07. The van der Waals surface area contributed by atoms with E-state index in [0.29, 0.717) is 23.0 Å². The molecular formula is C18H19ClN2O3. The molecule has 2 aromatic rings. The Kier molecular flexibility index (Phi) is 6.21. The van der Waals surface area contributed by atoms with Crippen LogP contribution in [0.15, 0.2) is 47.1 Å². The van der Waals surface area contributed by atoms with Crippen LogP contribution in [0.2, 0.25) is 5.02 Å². The van der Waals surface area contributed by atoms with Gasteiger partial charge in [-0.1, -0.05) is 17.7 Å². The molecule has 0 aliphatic rings. The predicted molar refractivity (Wildman–Crippen MR) is 94.8 cm³/mol. The van der Waals surface area contributed by atoms with Crippen LogP contribution >= 0.6 is 11.6 Å². The maximum absolute atomic E-state index is 12.2. The maximum Gasteiger partial charge on any atom is 0.247 e. The molecule has 1 N–H and O–H groups in total. The van der Waals surface area contributed by atoms with E-state index in [-0.39, 0.29) is 18.4 Å². The van der Waals surface area contributed by atoms with Gasteiger partial charge in [-0.2, -0.15) is 0 Å². The van der Waals surface area contributed by atoms with E-state index in [1.165, 1.54) is 17.2 Å². The molecule has 0 bridgehead atoms. The first-order valence-corrected chi connectivity index (χ1v) is 7.94. The maximum atomic E-state index is 12.2. The number of amides is 2. The Hall–Kier alpha value is -2.53. The molecule has 2 amide bonds. The summed E-state index contributed by atoms with van der Waals surface area (Å²) in [6.45, 7) is 4.07. The van der Waals surface area contributed by atoms with E-state index < -0.39 is 0 Å². The van der Waals surface area contributed by atoms with Crippen molar-refractivity contribution in [1.29, 1.82) is 0 Å². The molecule has 6 heteroatoms. The number of hydrogen-bond acceptors (Lipinski definition) is 3. The van der Waals surface area contributed by atoms with Crippen LogP contribution in [0.5, 0.6) is 0 Å². The first-order valence-electron chi connectivity index (χ1n) is 7.56. The van der Waals surface area contributed by atoms with Gasteiger partial charge in [0.2, 0.25) is 11.8 Å². The second kappa shape index (κ2) is 8.36. The lowest BCUT2D eigenvalue weighted by atomic mass is 10.2. The summed E-state index contributed by atoms with van der Waals surface area (Å²) >= 11 is 5.94. The molecule has 1 aromatic heterocycles. The van der Waals surface area contributed by atoms with Gasteiger partial charge in [0.15, 0.2) is 0 Å². The second-order valence-electron chi connectivity index (χ2n) is 5.21. The van der Waals surface area contributed by atoms with Gasteiger partial charge in [0.25, 0.3) is 0 Å². The van der Waals surface area contributed by atoms with Crippen LogP contribution < -0.4 is 5.32 Å². The van der Waals surface area contributed by atoms with Crippen molar-refractivity contribution in [2.45, 2.75) is 13.8 Å². The second-order valence-corrected chi connectivity index (χ2v) is 5.65. The van der Waals surface area contributed by atoms with E-state index in [4.69, 9.17) is 16.0 Å². The Balaban J connectivity index is 1.97. The summed E-state index contributed by atoms with van der Waals surface area (Å²) in [7, 11) is 0. The molecule has 0 aliphatic carbocycles. The van der Waals surface area contributed by atoms with Gasteiger partial charge in [0, 0.05) is 23.3 Å². The predicted octanol–water partition coefficient (Wildman–Crippen LogP) is 3.74. The van der Waals surface area contributed by atoms with E-state index >= 15 is 0 Å². The third kappa shape index (κ3) is 4.99. The minimum Gasteiger partial charge on any atom is -0.465 e. The van der Waals surface area contributed by atoms with Crippen LogP contribution in [-0.4, -0.2) is 29.8 Å². The van der Waals surface area contributed by atoms with E-state index in [1.807, 2.05) is 19.9 Å². The molecule has 1 heterocycles. The molecule has 0 fully saturated rings. The molecule has 24 heavy (non-hydrogen) atoms. The quantitative estimate of drug-likeness (QED) is 0.810. The average molecular weight is 347 g/mol. The normalized spacial score (nSPS) is 10.8. The highest BCUT2D eigenvalue weighted by Crippen LogP contribution is 2.20. The molecule has 0 unspecified atom stereocenters. The lowest BCUT2D eigenvalue weighted by Crippen LogP contribution is -2.37. The van der Waals surface area contributed by atoms with Gasteiger partial charge in [-0.3, -0.25) is 9.59 Å². The Morgan fingerprint density at radius 1 is 1.33 bits per heavy atom. The number of anilines is 1. The van der Waals surface area contributed by atoms with Crippen LogP contribution in [0.25, 0.3) is 6.08 Å². The number of likely N-dealkylation sites (N-methyl/N-ethyl adjacent to an activating group) is 1. The smallest absolute Gasteiger partial charge is 0.247 e.